The van der Waals surface area contributed by atoms with E-state index in [2.05, 4.69) is 4.72 Å². The van der Waals surface area contributed by atoms with E-state index in [4.69, 9.17) is 5.11 Å². The minimum absolute atomic E-state index is 0.00662. The number of carbonyl (C=O) groups is 2. The van der Waals surface area contributed by atoms with E-state index in [-0.39, 0.29) is 16.6 Å². The van der Waals surface area contributed by atoms with Gasteiger partial charge in [0.25, 0.3) is 0 Å². The van der Waals surface area contributed by atoms with Crippen LogP contribution in [-0.2, 0) is 21.2 Å². The molecule has 120 valence electrons. The second-order valence-electron chi connectivity index (χ2n) is 5.78. The third kappa shape index (κ3) is 3.36. The lowest BCUT2D eigenvalue weighted by molar-refractivity contribution is -0.140. The van der Waals surface area contributed by atoms with Gasteiger partial charge in [0.2, 0.25) is 10.0 Å². The number of fused-ring (bicyclic) bond motifs is 1. The highest BCUT2D eigenvalue weighted by Gasteiger charge is 2.29. The summed E-state index contributed by atoms with van der Waals surface area (Å²) in [5, 5.41) is 9.11. The summed E-state index contributed by atoms with van der Waals surface area (Å²) in [6, 6.07) is 3.14. The second kappa shape index (κ2) is 6.18. The molecule has 0 fully saturated rings. The number of hydrogen-bond donors (Lipinski definition) is 2. The van der Waals surface area contributed by atoms with Gasteiger partial charge in [-0.25, -0.2) is 8.42 Å². The molecule has 0 saturated carbocycles. The third-order valence-electron chi connectivity index (χ3n) is 3.75. The van der Waals surface area contributed by atoms with Crippen LogP contribution in [0.3, 0.4) is 0 Å². The summed E-state index contributed by atoms with van der Waals surface area (Å²) < 4.78 is 26.9. The summed E-state index contributed by atoms with van der Waals surface area (Å²) in [6.45, 7) is 3.26. The SMILES string of the molecule is CC(C)C(NS(=O)(=O)c1ccc2c(c1)CCCC2=O)C(=O)O. The molecule has 2 N–H and O–H groups in total. The maximum absolute atomic E-state index is 12.4. The monoisotopic (exact) mass is 325 g/mol. The quantitative estimate of drug-likeness (QED) is 0.856. The van der Waals surface area contributed by atoms with Crippen molar-refractivity contribution in [1.29, 1.82) is 0 Å². The molecule has 0 heterocycles. The molecule has 6 nitrogen and oxygen atoms in total. The van der Waals surface area contributed by atoms with Crippen molar-refractivity contribution in [3.8, 4) is 0 Å². The van der Waals surface area contributed by atoms with Crippen LogP contribution in [0.25, 0.3) is 0 Å². The number of aryl methyl sites for hydroxylation is 1. The molecule has 1 aromatic rings. The van der Waals surface area contributed by atoms with Gasteiger partial charge >= 0.3 is 5.97 Å². The van der Waals surface area contributed by atoms with Crippen LogP contribution in [0.2, 0.25) is 0 Å². The van der Waals surface area contributed by atoms with E-state index in [1.54, 1.807) is 13.8 Å². The Bertz CT molecular complexity index is 709. The first kappa shape index (κ1) is 16.6. The number of carbonyl (C=O) groups excluding carboxylic acids is 1. The van der Waals surface area contributed by atoms with E-state index < -0.39 is 22.0 Å². The highest BCUT2D eigenvalue weighted by Crippen LogP contribution is 2.24. The second-order valence-corrected chi connectivity index (χ2v) is 7.49. The zero-order valence-corrected chi connectivity index (χ0v) is 13.3. The summed E-state index contributed by atoms with van der Waals surface area (Å²) in [4.78, 5) is 22.9. The summed E-state index contributed by atoms with van der Waals surface area (Å²) in [5.74, 6) is -1.58. The lowest BCUT2D eigenvalue weighted by Gasteiger charge is -2.19. The van der Waals surface area contributed by atoms with Crippen molar-refractivity contribution in [3.63, 3.8) is 0 Å². The lowest BCUT2D eigenvalue weighted by Crippen LogP contribution is -2.44. The number of benzene rings is 1. The molecule has 0 saturated heterocycles. The summed E-state index contributed by atoms with van der Waals surface area (Å²) in [6.07, 6.45) is 1.83. The summed E-state index contributed by atoms with van der Waals surface area (Å²) in [7, 11) is -3.94. The van der Waals surface area contributed by atoms with Gasteiger partial charge in [-0.3, -0.25) is 9.59 Å². The number of rotatable bonds is 5. The standard InChI is InChI=1S/C15H19NO5S/c1-9(2)14(15(18)19)16-22(20,21)11-6-7-12-10(8-11)4-3-5-13(12)17/h6-9,14,16H,3-5H2,1-2H3,(H,18,19). The number of sulfonamides is 1. The van der Waals surface area contributed by atoms with Gasteiger partial charge in [-0.05, 0) is 42.5 Å². The fraction of sp³-hybridized carbons (Fsp3) is 0.467. The van der Waals surface area contributed by atoms with Gasteiger partial charge < -0.3 is 5.11 Å². The molecule has 0 radical (unpaired) electrons. The third-order valence-corrected chi connectivity index (χ3v) is 5.19. The Morgan fingerprint density at radius 1 is 1.27 bits per heavy atom. The molecule has 1 aromatic carbocycles. The predicted octanol–water partition coefficient (Wildman–Crippen LogP) is 1.59. The number of hydrogen-bond acceptors (Lipinski definition) is 4. The number of nitrogens with one attached hydrogen (secondary N) is 1. The number of carboxylic acids is 1. The molecule has 2 rings (SSSR count). The van der Waals surface area contributed by atoms with Gasteiger partial charge in [0, 0.05) is 12.0 Å². The molecule has 0 spiro atoms. The van der Waals surface area contributed by atoms with Crippen molar-refractivity contribution in [1.82, 2.24) is 4.72 Å². The molecule has 0 amide bonds. The molecule has 1 aliphatic rings. The topological polar surface area (TPSA) is 101 Å². The lowest BCUT2D eigenvalue weighted by atomic mass is 9.91. The van der Waals surface area contributed by atoms with Crippen LogP contribution in [0.15, 0.2) is 23.1 Å². The first-order valence-corrected chi connectivity index (χ1v) is 8.62. The van der Waals surface area contributed by atoms with E-state index in [9.17, 15) is 18.0 Å². The van der Waals surface area contributed by atoms with E-state index in [0.29, 0.717) is 30.4 Å². The van der Waals surface area contributed by atoms with Gasteiger partial charge in [0.05, 0.1) is 4.90 Å². The average molecular weight is 325 g/mol. The zero-order chi connectivity index (χ0) is 16.5. The summed E-state index contributed by atoms with van der Waals surface area (Å²) in [5.41, 5.74) is 1.26. The van der Waals surface area contributed by atoms with Gasteiger partial charge in [0.1, 0.15) is 6.04 Å². The zero-order valence-electron chi connectivity index (χ0n) is 12.5. The molecule has 0 aromatic heterocycles. The minimum atomic E-state index is -3.94. The summed E-state index contributed by atoms with van der Waals surface area (Å²) >= 11 is 0. The molecular weight excluding hydrogens is 306 g/mol. The Balaban J connectivity index is 2.34. The number of aliphatic carboxylic acids is 1. The van der Waals surface area contributed by atoms with Gasteiger partial charge in [0.15, 0.2) is 5.78 Å². The fourth-order valence-electron chi connectivity index (χ4n) is 2.50. The number of ketones is 1. The molecule has 0 aliphatic heterocycles. The van der Waals surface area contributed by atoms with E-state index in [1.807, 2.05) is 0 Å². The Labute approximate surface area is 129 Å². The fourth-order valence-corrected chi connectivity index (χ4v) is 3.88. The van der Waals surface area contributed by atoms with Crippen LogP contribution in [0.4, 0.5) is 0 Å². The first-order valence-electron chi connectivity index (χ1n) is 7.13. The van der Waals surface area contributed by atoms with Gasteiger partial charge in [-0.1, -0.05) is 13.8 Å². The largest absolute Gasteiger partial charge is 0.480 e. The highest BCUT2D eigenvalue weighted by atomic mass is 32.2. The van der Waals surface area contributed by atoms with Crippen LogP contribution in [-0.4, -0.2) is 31.3 Å². The Morgan fingerprint density at radius 3 is 2.55 bits per heavy atom. The van der Waals surface area contributed by atoms with Crippen LogP contribution < -0.4 is 4.72 Å². The maximum Gasteiger partial charge on any atom is 0.322 e. The first-order chi connectivity index (χ1) is 10.2. The number of carboxylic acid groups (broad SMARTS) is 1. The smallest absolute Gasteiger partial charge is 0.322 e. The highest BCUT2D eigenvalue weighted by molar-refractivity contribution is 7.89. The Kier molecular flexibility index (Phi) is 4.67. The number of Topliss-reactive ketones (excluding diaryl/α,β-unsaturated/α-hetero) is 1. The maximum atomic E-state index is 12.4. The van der Waals surface area contributed by atoms with Gasteiger partial charge in [-0.15, -0.1) is 0 Å². The Morgan fingerprint density at radius 2 is 1.95 bits per heavy atom. The van der Waals surface area contributed by atoms with Crippen molar-refractivity contribution >= 4 is 21.8 Å². The molecule has 0 bridgehead atoms. The van der Waals surface area contributed by atoms with Crippen molar-refractivity contribution in [2.75, 3.05) is 0 Å². The molecule has 1 unspecified atom stereocenters. The normalized spacial score (nSPS) is 16.4. The molecule has 1 atom stereocenters. The van der Waals surface area contributed by atoms with Crippen molar-refractivity contribution in [3.05, 3.63) is 29.3 Å². The van der Waals surface area contributed by atoms with Crippen LogP contribution in [0, 0.1) is 5.92 Å². The molecule has 22 heavy (non-hydrogen) atoms. The van der Waals surface area contributed by atoms with Crippen LogP contribution >= 0.6 is 0 Å². The molecular formula is C15H19NO5S. The average Bonchev–Trinajstić information content (AvgIpc) is 2.44. The Hall–Kier alpha value is -1.73. The van der Waals surface area contributed by atoms with E-state index in [1.165, 1.54) is 18.2 Å². The van der Waals surface area contributed by atoms with E-state index in [0.717, 1.165) is 0 Å². The van der Waals surface area contributed by atoms with E-state index >= 15 is 0 Å². The van der Waals surface area contributed by atoms with Crippen molar-refractivity contribution in [2.45, 2.75) is 44.0 Å². The molecule has 1 aliphatic carbocycles. The molecule has 7 heteroatoms. The predicted molar refractivity (Wildman–Crippen MR) is 80.3 cm³/mol. The van der Waals surface area contributed by atoms with Crippen molar-refractivity contribution < 1.29 is 23.1 Å². The van der Waals surface area contributed by atoms with Crippen LogP contribution in [0.1, 0.15) is 42.6 Å². The minimum Gasteiger partial charge on any atom is -0.480 e. The van der Waals surface area contributed by atoms with Crippen LogP contribution in [0.5, 0.6) is 0 Å². The van der Waals surface area contributed by atoms with Crippen molar-refractivity contribution in [2.24, 2.45) is 5.92 Å². The van der Waals surface area contributed by atoms with Gasteiger partial charge in [-0.2, -0.15) is 4.72 Å².